The highest BCUT2D eigenvalue weighted by Gasteiger charge is 2.50. The molecule has 58 heavy (non-hydrogen) atoms. The van der Waals surface area contributed by atoms with Crippen molar-refractivity contribution in [3.63, 3.8) is 0 Å². The zero-order valence-electron chi connectivity index (χ0n) is 31.4. The smallest absolute Gasteiger partial charge is 0.160 e. The summed E-state index contributed by atoms with van der Waals surface area (Å²) in [6.45, 7) is 0. The lowest BCUT2D eigenvalue weighted by Crippen LogP contribution is -2.32. The van der Waals surface area contributed by atoms with Crippen LogP contribution >= 0.6 is 11.8 Å². The maximum atomic E-state index is 5.32. The van der Waals surface area contributed by atoms with Crippen LogP contribution in [0.1, 0.15) is 22.3 Å². The van der Waals surface area contributed by atoms with E-state index in [-0.39, 0.29) is 0 Å². The van der Waals surface area contributed by atoms with Crippen LogP contribution < -0.4 is 0 Å². The minimum atomic E-state index is -0.445. The first-order chi connectivity index (χ1) is 28.7. The molecule has 1 spiro atoms. The molecule has 1 aliphatic heterocycles. The van der Waals surface area contributed by atoms with Gasteiger partial charge in [-0.2, -0.15) is 0 Å². The molecule has 0 atom stereocenters. The minimum Gasteiger partial charge on any atom is -0.228 e. The van der Waals surface area contributed by atoms with E-state index in [4.69, 9.17) is 9.97 Å². The molecule has 1 aliphatic carbocycles. The van der Waals surface area contributed by atoms with Gasteiger partial charge >= 0.3 is 0 Å². The van der Waals surface area contributed by atoms with Crippen molar-refractivity contribution in [3.8, 4) is 56.2 Å². The molecule has 2 nitrogen and oxygen atoms in total. The second-order valence-corrected chi connectivity index (χ2v) is 16.3. The molecule has 0 saturated carbocycles. The Labute approximate surface area is 341 Å². The molecular formula is C55H34N2S. The molecule has 9 aromatic carbocycles. The molecule has 10 aromatic rings. The number of fused-ring (bicyclic) bond motifs is 12. The fraction of sp³-hybridized carbons (Fsp3) is 0.0182. The van der Waals surface area contributed by atoms with Gasteiger partial charge in [0.1, 0.15) is 0 Å². The van der Waals surface area contributed by atoms with Crippen LogP contribution in [-0.4, -0.2) is 9.97 Å². The molecule has 12 rings (SSSR count). The van der Waals surface area contributed by atoms with Gasteiger partial charge in [-0.15, -0.1) is 0 Å². The van der Waals surface area contributed by atoms with E-state index in [9.17, 15) is 0 Å². The first kappa shape index (κ1) is 33.1. The first-order valence-electron chi connectivity index (χ1n) is 19.8. The number of hydrogen-bond acceptors (Lipinski definition) is 3. The summed E-state index contributed by atoms with van der Waals surface area (Å²) < 4.78 is 0. The Morgan fingerprint density at radius 3 is 1.72 bits per heavy atom. The van der Waals surface area contributed by atoms with E-state index >= 15 is 0 Å². The standard InChI is InChI=1S/C55H34N2S/c1-2-15-36(16-3-1)54-56-50(39-28-30-42-37(32-39)27-26-35-14-4-5-17-40(35)42)34-51(57-54)45-21-7-6-18-41(45)38-29-31-53-49(33-38)55(48-24-12-13-25-52(48)58-53)46-22-10-8-19-43(46)44-20-9-11-23-47(44)55/h1-34H. The van der Waals surface area contributed by atoms with Crippen molar-refractivity contribution in [2.45, 2.75) is 15.2 Å². The Morgan fingerprint density at radius 2 is 0.914 bits per heavy atom. The van der Waals surface area contributed by atoms with E-state index in [1.165, 1.54) is 64.7 Å². The van der Waals surface area contributed by atoms with E-state index in [2.05, 4.69) is 200 Å². The van der Waals surface area contributed by atoms with Crippen LogP contribution in [0.4, 0.5) is 0 Å². The first-order valence-corrected chi connectivity index (χ1v) is 20.6. The zero-order chi connectivity index (χ0) is 38.2. The summed E-state index contributed by atoms with van der Waals surface area (Å²) in [5.74, 6) is 0.707. The topological polar surface area (TPSA) is 25.8 Å². The van der Waals surface area contributed by atoms with Gasteiger partial charge < -0.3 is 0 Å². The fourth-order valence-corrected chi connectivity index (χ4v) is 10.8. The predicted octanol–water partition coefficient (Wildman–Crippen LogP) is 14.3. The molecule has 270 valence electrons. The van der Waals surface area contributed by atoms with Crippen LogP contribution in [0.25, 0.3) is 77.7 Å². The van der Waals surface area contributed by atoms with Gasteiger partial charge in [-0.1, -0.05) is 188 Å². The van der Waals surface area contributed by atoms with Crippen LogP contribution in [0.5, 0.6) is 0 Å². The van der Waals surface area contributed by atoms with Gasteiger partial charge in [0.05, 0.1) is 16.8 Å². The van der Waals surface area contributed by atoms with Crippen LogP contribution in [0.2, 0.25) is 0 Å². The lowest BCUT2D eigenvalue weighted by molar-refractivity contribution is 0.723. The van der Waals surface area contributed by atoms with Crippen LogP contribution in [0, 0.1) is 0 Å². The van der Waals surface area contributed by atoms with Crippen molar-refractivity contribution in [1.82, 2.24) is 9.97 Å². The number of rotatable bonds is 4. The number of hydrogen-bond donors (Lipinski definition) is 0. The molecule has 0 N–H and O–H groups in total. The summed E-state index contributed by atoms with van der Waals surface area (Å²) in [4.78, 5) is 13.1. The second-order valence-electron chi connectivity index (χ2n) is 15.2. The summed E-state index contributed by atoms with van der Waals surface area (Å²) in [5.41, 5.74) is 14.7. The SMILES string of the molecule is c1ccc(-c2nc(-c3ccc4c(ccc5ccccc54)c3)cc(-c3ccccc3-c3ccc4c(c3)C3(c5ccccc5S4)c4ccccc4-c4ccccc43)n2)cc1. The summed E-state index contributed by atoms with van der Waals surface area (Å²) >= 11 is 1.88. The van der Waals surface area contributed by atoms with Gasteiger partial charge in [0, 0.05) is 26.5 Å². The lowest BCUT2D eigenvalue weighted by Gasteiger charge is -2.40. The van der Waals surface area contributed by atoms with Gasteiger partial charge in [0.15, 0.2) is 5.82 Å². The Hall–Kier alpha value is -7.07. The van der Waals surface area contributed by atoms with Crippen molar-refractivity contribution in [2.75, 3.05) is 0 Å². The molecule has 0 amide bonds. The maximum absolute atomic E-state index is 5.32. The minimum absolute atomic E-state index is 0.445. The Balaban J connectivity index is 1.06. The maximum Gasteiger partial charge on any atom is 0.160 e. The largest absolute Gasteiger partial charge is 0.228 e. The molecule has 3 heteroatoms. The molecule has 0 saturated heterocycles. The van der Waals surface area contributed by atoms with Crippen molar-refractivity contribution in [3.05, 3.63) is 229 Å². The highest BCUT2D eigenvalue weighted by Crippen LogP contribution is 2.62. The van der Waals surface area contributed by atoms with Crippen molar-refractivity contribution in [1.29, 1.82) is 0 Å². The highest BCUT2D eigenvalue weighted by atomic mass is 32.2. The summed E-state index contributed by atoms with van der Waals surface area (Å²) in [6.07, 6.45) is 0. The third-order valence-electron chi connectivity index (χ3n) is 12.2. The Morgan fingerprint density at radius 1 is 0.328 bits per heavy atom. The normalized spacial score (nSPS) is 13.2. The van der Waals surface area contributed by atoms with E-state index in [0.29, 0.717) is 5.82 Å². The van der Waals surface area contributed by atoms with E-state index < -0.39 is 5.41 Å². The molecule has 2 heterocycles. The molecule has 0 radical (unpaired) electrons. The van der Waals surface area contributed by atoms with Gasteiger partial charge in [0.25, 0.3) is 0 Å². The number of nitrogens with zero attached hydrogens (tertiary/aromatic N) is 2. The van der Waals surface area contributed by atoms with Crippen LogP contribution in [0.15, 0.2) is 216 Å². The van der Waals surface area contributed by atoms with E-state index in [0.717, 1.165) is 39.2 Å². The van der Waals surface area contributed by atoms with Crippen molar-refractivity contribution < 1.29 is 0 Å². The van der Waals surface area contributed by atoms with Crippen molar-refractivity contribution in [2.24, 2.45) is 0 Å². The van der Waals surface area contributed by atoms with Gasteiger partial charge in [-0.25, -0.2) is 9.97 Å². The van der Waals surface area contributed by atoms with Gasteiger partial charge in [0.2, 0.25) is 0 Å². The van der Waals surface area contributed by atoms with Gasteiger partial charge in [-0.05, 0) is 96.4 Å². The molecule has 0 unspecified atom stereocenters. The number of benzene rings is 9. The lowest BCUT2D eigenvalue weighted by atomic mass is 9.67. The zero-order valence-corrected chi connectivity index (χ0v) is 32.2. The molecule has 1 aromatic heterocycles. The summed E-state index contributed by atoms with van der Waals surface area (Å²) in [6, 6.07) is 75.1. The number of aromatic nitrogens is 2. The third kappa shape index (κ3) is 4.93. The third-order valence-corrected chi connectivity index (χ3v) is 13.3. The summed E-state index contributed by atoms with van der Waals surface area (Å²) in [7, 11) is 0. The second kappa shape index (κ2) is 13.0. The Bertz CT molecular complexity index is 3230. The summed E-state index contributed by atoms with van der Waals surface area (Å²) in [5, 5.41) is 4.93. The predicted molar refractivity (Wildman–Crippen MR) is 240 cm³/mol. The fourth-order valence-electron chi connectivity index (χ4n) is 9.60. The quantitative estimate of drug-likeness (QED) is 0.167. The molecule has 2 aliphatic rings. The molecule has 0 bridgehead atoms. The van der Waals surface area contributed by atoms with Crippen molar-refractivity contribution >= 4 is 33.3 Å². The average molecular weight is 755 g/mol. The molecule has 0 fully saturated rings. The Kier molecular flexibility index (Phi) is 7.41. The highest BCUT2D eigenvalue weighted by molar-refractivity contribution is 7.99. The average Bonchev–Trinajstić information content (AvgIpc) is 3.59. The van der Waals surface area contributed by atoms with E-state index in [1.54, 1.807) is 0 Å². The monoisotopic (exact) mass is 754 g/mol. The van der Waals surface area contributed by atoms with Gasteiger partial charge in [-0.3, -0.25) is 0 Å². The van der Waals surface area contributed by atoms with Crippen LogP contribution in [-0.2, 0) is 5.41 Å². The molecular weight excluding hydrogens is 721 g/mol. The van der Waals surface area contributed by atoms with E-state index in [1.807, 2.05) is 17.8 Å². The van der Waals surface area contributed by atoms with Crippen LogP contribution in [0.3, 0.4) is 0 Å².